The first-order chi connectivity index (χ1) is 7.89. The van der Waals surface area contributed by atoms with E-state index in [0.29, 0.717) is 0 Å². The van der Waals surface area contributed by atoms with Gasteiger partial charge in [0, 0.05) is 22.5 Å². The molecule has 0 atom stereocenters. The molecule has 1 fully saturated rings. The first-order valence-corrected chi connectivity index (χ1v) is 6.71. The van der Waals surface area contributed by atoms with Gasteiger partial charge in [0.05, 0.1) is 5.88 Å². The summed E-state index contributed by atoms with van der Waals surface area (Å²) in [7, 11) is 0. The molecule has 1 saturated carbocycles. The summed E-state index contributed by atoms with van der Waals surface area (Å²) < 4.78 is 2.31. The van der Waals surface area contributed by atoms with Crippen LogP contribution in [0.4, 0.5) is 0 Å². The minimum Gasteiger partial charge on any atom is -0.343 e. The number of rotatable bonds is 4. The summed E-state index contributed by atoms with van der Waals surface area (Å²) in [5, 5.41) is 0. The average Bonchev–Trinajstić information content (AvgIpc) is 3.04. The van der Waals surface area contributed by atoms with Crippen molar-refractivity contribution < 1.29 is 4.79 Å². The Balaban J connectivity index is 2.48. The Labute approximate surface area is 108 Å². The second kappa shape index (κ2) is 4.16. The molecule has 2 nitrogen and oxygen atoms in total. The Morgan fingerprint density at radius 3 is 2.53 bits per heavy atom. The van der Waals surface area contributed by atoms with E-state index >= 15 is 0 Å². The predicted molar refractivity (Wildman–Crippen MR) is 71.0 cm³/mol. The normalized spacial score (nSPS) is 16.3. The van der Waals surface area contributed by atoms with Gasteiger partial charge in [-0.3, -0.25) is 4.79 Å². The lowest BCUT2D eigenvalue weighted by Crippen LogP contribution is -2.30. The first-order valence-electron chi connectivity index (χ1n) is 6.18. The Morgan fingerprint density at radius 1 is 1.47 bits per heavy atom. The van der Waals surface area contributed by atoms with E-state index in [4.69, 9.17) is 11.6 Å². The van der Waals surface area contributed by atoms with Crippen LogP contribution >= 0.6 is 11.6 Å². The van der Waals surface area contributed by atoms with Crippen LogP contribution < -0.4 is 0 Å². The van der Waals surface area contributed by atoms with Gasteiger partial charge in [0.15, 0.2) is 5.78 Å². The van der Waals surface area contributed by atoms with E-state index in [1.165, 1.54) is 12.8 Å². The fourth-order valence-corrected chi connectivity index (χ4v) is 3.12. The molecule has 3 heteroatoms. The zero-order valence-corrected chi connectivity index (χ0v) is 11.8. The van der Waals surface area contributed by atoms with E-state index in [1.807, 2.05) is 13.0 Å². The van der Waals surface area contributed by atoms with E-state index in [-0.39, 0.29) is 17.2 Å². The maximum atomic E-state index is 11.8. The second-order valence-corrected chi connectivity index (χ2v) is 5.87. The third-order valence-electron chi connectivity index (χ3n) is 4.01. The van der Waals surface area contributed by atoms with Crippen LogP contribution in [0.25, 0.3) is 0 Å². The van der Waals surface area contributed by atoms with E-state index in [0.717, 1.165) is 22.9 Å². The van der Waals surface area contributed by atoms with E-state index in [1.54, 1.807) is 0 Å². The largest absolute Gasteiger partial charge is 0.343 e. The van der Waals surface area contributed by atoms with Crippen molar-refractivity contribution in [1.82, 2.24) is 4.57 Å². The number of halogens is 1. The molecule has 0 unspecified atom stereocenters. The fourth-order valence-electron chi connectivity index (χ4n) is 2.98. The van der Waals surface area contributed by atoms with Crippen LogP contribution in [0.2, 0.25) is 0 Å². The Hall–Kier alpha value is -0.760. The summed E-state index contributed by atoms with van der Waals surface area (Å²) in [5.74, 6) is 0.831. The zero-order valence-electron chi connectivity index (χ0n) is 11.0. The quantitative estimate of drug-likeness (QED) is 0.593. The Morgan fingerprint density at radius 2 is 2.06 bits per heavy atom. The highest BCUT2D eigenvalue weighted by molar-refractivity contribution is 6.30. The van der Waals surface area contributed by atoms with Gasteiger partial charge in [-0.2, -0.15) is 0 Å². The third kappa shape index (κ3) is 2.03. The molecule has 1 aliphatic carbocycles. The molecule has 0 bridgehead atoms. The molecule has 2 rings (SSSR count). The van der Waals surface area contributed by atoms with Crippen LogP contribution in [-0.2, 0) is 5.54 Å². The lowest BCUT2D eigenvalue weighted by Gasteiger charge is -2.30. The number of ketones is 1. The van der Waals surface area contributed by atoms with Gasteiger partial charge in [-0.15, -0.1) is 11.6 Å². The maximum absolute atomic E-state index is 11.8. The van der Waals surface area contributed by atoms with Crippen molar-refractivity contribution in [3.63, 3.8) is 0 Å². The number of carbonyl (C=O) groups is 1. The SMILES string of the molecule is Cc1cc(C(=O)CCl)c(C)n1C(C)(C)C1CC1. The monoisotopic (exact) mass is 253 g/mol. The molecule has 0 spiro atoms. The smallest absolute Gasteiger partial charge is 0.179 e. The minimum absolute atomic E-state index is 0.0256. The average molecular weight is 254 g/mol. The first kappa shape index (κ1) is 12.7. The Bertz CT molecular complexity index is 455. The van der Waals surface area contributed by atoms with Crippen molar-refractivity contribution in [2.45, 2.75) is 46.1 Å². The van der Waals surface area contributed by atoms with Crippen LogP contribution in [0, 0.1) is 19.8 Å². The van der Waals surface area contributed by atoms with Crippen molar-refractivity contribution in [2.24, 2.45) is 5.92 Å². The van der Waals surface area contributed by atoms with Gasteiger partial charge in [0.25, 0.3) is 0 Å². The number of Topliss-reactive ketones (excluding diaryl/α,β-unsaturated/α-hetero) is 1. The third-order valence-corrected chi connectivity index (χ3v) is 4.25. The molecule has 0 aromatic carbocycles. The highest BCUT2D eigenvalue weighted by Gasteiger charge is 2.40. The molecule has 0 saturated heterocycles. The van der Waals surface area contributed by atoms with Gasteiger partial charge in [-0.1, -0.05) is 0 Å². The van der Waals surface area contributed by atoms with Gasteiger partial charge >= 0.3 is 0 Å². The molecule has 0 radical (unpaired) electrons. The highest BCUT2D eigenvalue weighted by Crippen LogP contribution is 2.45. The Kier molecular flexibility index (Phi) is 3.11. The van der Waals surface area contributed by atoms with Crippen LogP contribution in [0.15, 0.2) is 6.07 Å². The standard InChI is InChI=1S/C14H20ClNO/c1-9-7-12(13(17)8-15)10(2)16(9)14(3,4)11-5-6-11/h7,11H,5-6,8H2,1-4H3. The molecule has 1 heterocycles. The number of hydrogen-bond donors (Lipinski definition) is 0. The molecule has 0 aliphatic heterocycles. The van der Waals surface area contributed by atoms with Crippen molar-refractivity contribution in [2.75, 3.05) is 5.88 Å². The van der Waals surface area contributed by atoms with E-state index < -0.39 is 0 Å². The maximum Gasteiger partial charge on any atom is 0.179 e. The number of nitrogens with zero attached hydrogens (tertiary/aromatic N) is 1. The topological polar surface area (TPSA) is 22.0 Å². The number of carbonyl (C=O) groups excluding carboxylic acids is 1. The van der Waals surface area contributed by atoms with Crippen molar-refractivity contribution in [3.05, 3.63) is 23.0 Å². The number of aryl methyl sites for hydroxylation is 1. The van der Waals surface area contributed by atoms with Gasteiger partial charge < -0.3 is 4.57 Å². The summed E-state index contributed by atoms with van der Waals surface area (Å²) >= 11 is 5.65. The van der Waals surface area contributed by atoms with Gasteiger partial charge in [0.1, 0.15) is 0 Å². The molecule has 17 heavy (non-hydrogen) atoms. The number of hydrogen-bond acceptors (Lipinski definition) is 1. The van der Waals surface area contributed by atoms with Gasteiger partial charge in [0.2, 0.25) is 0 Å². The summed E-state index contributed by atoms with van der Waals surface area (Å²) in [6.45, 7) is 8.62. The van der Waals surface area contributed by atoms with Gasteiger partial charge in [-0.25, -0.2) is 0 Å². The summed E-state index contributed by atoms with van der Waals surface area (Å²) in [6.07, 6.45) is 2.59. The fraction of sp³-hybridized carbons (Fsp3) is 0.643. The lowest BCUT2D eigenvalue weighted by molar-refractivity contribution is 0.102. The van der Waals surface area contributed by atoms with Crippen LogP contribution in [-0.4, -0.2) is 16.2 Å². The van der Waals surface area contributed by atoms with Gasteiger partial charge in [-0.05, 0) is 52.5 Å². The lowest BCUT2D eigenvalue weighted by atomic mass is 9.97. The minimum atomic E-state index is 0.0256. The van der Waals surface area contributed by atoms with Crippen molar-refractivity contribution in [3.8, 4) is 0 Å². The predicted octanol–water partition coefficient (Wildman–Crippen LogP) is 3.67. The highest BCUT2D eigenvalue weighted by atomic mass is 35.5. The van der Waals surface area contributed by atoms with Crippen LogP contribution in [0.5, 0.6) is 0 Å². The summed E-state index contributed by atoms with van der Waals surface area (Å²) in [6, 6.07) is 1.98. The molecule has 94 valence electrons. The summed E-state index contributed by atoms with van der Waals surface area (Å²) in [5.41, 5.74) is 3.11. The van der Waals surface area contributed by atoms with E-state index in [2.05, 4.69) is 25.3 Å². The molecular weight excluding hydrogens is 234 g/mol. The number of alkyl halides is 1. The second-order valence-electron chi connectivity index (χ2n) is 5.60. The van der Waals surface area contributed by atoms with Crippen molar-refractivity contribution in [1.29, 1.82) is 0 Å². The van der Waals surface area contributed by atoms with E-state index in [9.17, 15) is 4.79 Å². The number of aromatic nitrogens is 1. The molecule has 0 amide bonds. The molecular formula is C14H20ClNO. The van der Waals surface area contributed by atoms with Crippen LogP contribution in [0.1, 0.15) is 48.4 Å². The molecule has 1 aliphatic rings. The van der Waals surface area contributed by atoms with Crippen LogP contribution in [0.3, 0.4) is 0 Å². The molecule has 1 aromatic heterocycles. The summed E-state index contributed by atoms with van der Waals surface area (Å²) in [4.78, 5) is 11.8. The van der Waals surface area contributed by atoms with Crippen molar-refractivity contribution >= 4 is 17.4 Å². The molecule has 1 aromatic rings. The molecule has 0 N–H and O–H groups in total. The zero-order chi connectivity index (χ0) is 12.8.